The van der Waals surface area contributed by atoms with Gasteiger partial charge >= 0.3 is 6.18 Å². The molecule has 1 saturated heterocycles. The number of fused-ring (bicyclic) bond motifs is 4. The first-order valence-corrected chi connectivity index (χ1v) is 9.33. The lowest BCUT2D eigenvalue weighted by molar-refractivity contribution is -0.143. The van der Waals surface area contributed by atoms with Crippen LogP contribution in [0, 0.1) is 5.82 Å². The Bertz CT molecular complexity index is 1150. The van der Waals surface area contributed by atoms with Gasteiger partial charge in [-0.15, -0.1) is 10.2 Å². The molecule has 0 saturated carbocycles. The summed E-state index contributed by atoms with van der Waals surface area (Å²) < 4.78 is 61.1. The zero-order valence-electron chi connectivity index (χ0n) is 15.8. The molecule has 5 heterocycles. The number of carbonyl (C=O) groups is 1. The molecule has 160 valence electrons. The molecule has 3 aromatic rings. The number of nitrogens with zero attached hydrogens (tertiary/aromatic N) is 6. The number of morpholine rings is 1. The lowest BCUT2D eigenvalue weighted by Crippen LogP contribution is -2.56. The van der Waals surface area contributed by atoms with Crippen LogP contribution in [0.25, 0.3) is 11.5 Å². The number of hydrogen-bond acceptors (Lipinski definition) is 6. The minimum Gasteiger partial charge on any atom is -0.377 e. The molecule has 0 N–H and O–H groups in total. The summed E-state index contributed by atoms with van der Waals surface area (Å²) in [5.41, 5.74) is -1.83. The van der Waals surface area contributed by atoms with E-state index in [0.717, 1.165) is 12.3 Å². The normalized spacial score (nSPS) is 20.5. The van der Waals surface area contributed by atoms with Crippen LogP contribution < -0.4 is 0 Å². The van der Waals surface area contributed by atoms with Crippen molar-refractivity contribution in [2.75, 3.05) is 13.2 Å². The van der Waals surface area contributed by atoms with Gasteiger partial charge in [0.05, 0.1) is 24.8 Å². The highest BCUT2D eigenvalue weighted by Gasteiger charge is 2.45. The van der Waals surface area contributed by atoms with Gasteiger partial charge in [-0.2, -0.15) is 13.2 Å². The largest absolute Gasteiger partial charge is 0.436 e. The topological polar surface area (TPSA) is 86.0 Å². The van der Waals surface area contributed by atoms with Crippen molar-refractivity contribution in [2.24, 2.45) is 0 Å². The summed E-state index contributed by atoms with van der Waals surface area (Å²) in [5.74, 6) is -1.66. The molecule has 31 heavy (non-hydrogen) atoms. The van der Waals surface area contributed by atoms with Gasteiger partial charge in [-0.25, -0.2) is 9.37 Å². The minimum absolute atomic E-state index is 0.0570. The molecule has 0 radical (unpaired) electrons. The van der Waals surface area contributed by atoms with Crippen molar-refractivity contribution in [3.05, 3.63) is 59.6 Å². The van der Waals surface area contributed by atoms with Crippen LogP contribution in [0.2, 0.25) is 0 Å². The molecule has 1 amide bonds. The van der Waals surface area contributed by atoms with Crippen LogP contribution >= 0.6 is 0 Å². The molecule has 12 heteroatoms. The fourth-order valence-corrected chi connectivity index (χ4v) is 3.96. The molecular formula is C19H14F4N6O2. The van der Waals surface area contributed by atoms with Gasteiger partial charge in [-0.05, 0) is 18.2 Å². The van der Waals surface area contributed by atoms with Gasteiger partial charge in [0.2, 0.25) is 0 Å². The monoisotopic (exact) mass is 434 g/mol. The van der Waals surface area contributed by atoms with Crippen molar-refractivity contribution >= 4 is 5.91 Å². The van der Waals surface area contributed by atoms with Crippen molar-refractivity contribution in [3.63, 3.8) is 0 Å². The molecule has 2 atom stereocenters. The van der Waals surface area contributed by atoms with Crippen molar-refractivity contribution in [1.29, 1.82) is 0 Å². The smallest absolute Gasteiger partial charge is 0.377 e. The van der Waals surface area contributed by atoms with E-state index in [1.165, 1.54) is 4.90 Å². The van der Waals surface area contributed by atoms with E-state index in [-0.39, 0.29) is 19.8 Å². The maximum atomic E-state index is 14.6. The van der Waals surface area contributed by atoms with Crippen LogP contribution in [-0.2, 0) is 17.5 Å². The highest BCUT2D eigenvalue weighted by atomic mass is 19.4. The van der Waals surface area contributed by atoms with Gasteiger partial charge in [-0.1, -0.05) is 6.07 Å². The molecule has 3 aromatic heterocycles. The molecule has 2 aliphatic heterocycles. The van der Waals surface area contributed by atoms with Crippen molar-refractivity contribution in [3.8, 4) is 11.5 Å². The maximum absolute atomic E-state index is 14.6. The number of carbonyl (C=O) groups excluding carboxylic acids is 1. The van der Waals surface area contributed by atoms with Gasteiger partial charge in [0.15, 0.2) is 23.2 Å². The van der Waals surface area contributed by atoms with Crippen LogP contribution in [0.5, 0.6) is 0 Å². The fraction of sp³-hybridized carbons (Fsp3) is 0.316. The highest BCUT2D eigenvalue weighted by Crippen LogP contribution is 2.37. The summed E-state index contributed by atoms with van der Waals surface area (Å²) >= 11 is 0. The Morgan fingerprint density at radius 2 is 1.94 bits per heavy atom. The van der Waals surface area contributed by atoms with Gasteiger partial charge < -0.3 is 14.2 Å². The van der Waals surface area contributed by atoms with Gasteiger partial charge in [-0.3, -0.25) is 9.78 Å². The van der Waals surface area contributed by atoms with E-state index >= 15 is 0 Å². The average Bonchev–Trinajstić information content (AvgIpc) is 3.16. The first-order valence-electron chi connectivity index (χ1n) is 9.33. The Kier molecular flexibility index (Phi) is 4.46. The van der Waals surface area contributed by atoms with E-state index in [1.54, 1.807) is 24.4 Å². The number of halogens is 4. The molecule has 8 nitrogen and oxygen atoms in total. The molecule has 1 fully saturated rings. The molecule has 2 bridgehead atoms. The van der Waals surface area contributed by atoms with Crippen LogP contribution in [0.1, 0.15) is 27.9 Å². The van der Waals surface area contributed by atoms with Gasteiger partial charge in [0, 0.05) is 18.9 Å². The third-order valence-corrected chi connectivity index (χ3v) is 5.30. The third-order valence-electron chi connectivity index (χ3n) is 5.30. The number of amides is 1. The Labute approximate surface area is 172 Å². The summed E-state index contributed by atoms with van der Waals surface area (Å²) in [6.07, 6.45) is -2.62. The molecule has 2 aliphatic rings. The second kappa shape index (κ2) is 7.08. The van der Waals surface area contributed by atoms with Crippen molar-refractivity contribution in [2.45, 2.75) is 24.8 Å². The number of aromatic nitrogens is 5. The zero-order chi connectivity index (χ0) is 21.8. The van der Waals surface area contributed by atoms with E-state index < -0.39 is 41.2 Å². The quantitative estimate of drug-likeness (QED) is 0.576. The Morgan fingerprint density at radius 1 is 1.10 bits per heavy atom. The summed E-state index contributed by atoms with van der Waals surface area (Å²) in [6, 6.07) is 5.01. The van der Waals surface area contributed by atoms with E-state index in [9.17, 15) is 22.4 Å². The predicted octanol–water partition coefficient (Wildman–Crippen LogP) is 2.49. The summed E-state index contributed by atoms with van der Waals surface area (Å²) in [4.78, 5) is 21.8. The average molecular weight is 434 g/mol. The van der Waals surface area contributed by atoms with Crippen LogP contribution in [-0.4, -0.2) is 54.8 Å². The maximum Gasteiger partial charge on any atom is 0.436 e. The van der Waals surface area contributed by atoms with E-state index in [0.29, 0.717) is 17.3 Å². The second-order valence-electron chi connectivity index (χ2n) is 7.15. The number of ether oxygens (including phenoxy) is 1. The Hall–Kier alpha value is -3.41. The number of rotatable bonds is 2. The van der Waals surface area contributed by atoms with Gasteiger partial charge in [0.1, 0.15) is 11.7 Å². The second-order valence-corrected chi connectivity index (χ2v) is 7.15. The molecule has 0 unspecified atom stereocenters. The SMILES string of the molecule is O=C(c1ccnc(C(F)(F)F)c1F)N1[C@H]2COC[C@@H]1c1nnc(-c3ccccn3)n1C2. The molecule has 0 aromatic carbocycles. The van der Waals surface area contributed by atoms with E-state index in [1.807, 2.05) is 4.57 Å². The number of alkyl halides is 3. The minimum atomic E-state index is -5.01. The first kappa shape index (κ1) is 19.5. The van der Waals surface area contributed by atoms with Crippen LogP contribution in [0.4, 0.5) is 17.6 Å². The fourth-order valence-electron chi connectivity index (χ4n) is 3.96. The molecule has 0 spiro atoms. The van der Waals surface area contributed by atoms with Crippen LogP contribution in [0.15, 0.2) is 36.7 Å². The first-order chi connectivity index (χ1) is 14.9. The standard InChI is InChI=1S/C19H14F4N6O2/c20-14-11(4-6-25-15(14)19(21,22)23)18(30)29-10-7-28-16(12-3-1-2-5-24-12)26-27-17(28)13(29)9-31-8-10/h1-6,10,13H,7-9H2/t10-,13-/m1/s1. The van der Waals surface area contributed by atoms with E-state index in [4.69, 9.17) is 4.74 Å². The van der Waals surface area contributed by atoms with Crippen molar-refractivity contribution in [1.82, 2.24) is 29.6 Å². The summed E-state index contributed by atoms with van der Waals surface area (Å²) in [6.45, 7) is 0.428. The molecule has 0 aliphatic carbocycles. The lowest BCUT2D eigenvalue weighted by Gasteiger charge is -2.45. The lowest BCUT2D eigenvalue weighted by atomic mass is 10.0. The van der Waals surface area contributed by atoms with Crippen LogP contribution in [0.3, 0.4) is 0 Å². The molecule has 5 rings (SSSR count). The van der Waals surface area contributed by atoms with Gasteiger partial charge in [0.25, 0.3) is 5.91 Å². The zero-order valence-corrected chi connectivity index (χ0v) is 15.8. The predicted molar refractivity (Wildman–Crippen MR) is 96.0 cm³/mol. The Balaban J connectivity index is 1.55. The Morgan fingerprint density at radius 3 is 2.68 bits per heavy atom. The number of pyridine rings is 2. The highest BCUT2D eigenvalue weighted by molar-refractivity contribution is 5.95. The number of hydrogen-bond donors (Lipinski definition) is 0. The van der Waals surface area contributed by atoms with Crippen molar-refractivity contribution < 1.29 is 27.1 Å². The summed E-state index contributed by atoms with van der Waals surface area (Å²) in [7, 11) is 0. The molecular weight excluding hydrogens is 420 g/mol. The third kappa shape index (κ3) is 3.14. The summed E-state index contributed by atoms with van der Waals surface area (Å²) in [5, 5.41) is 8.36. The van der Waals surface area contributed by atoms with E-state index in [2.05, 4.69) is 20.2 Å².